The van der Waals surface area contributed by atoms with Crippen molar-refractivity contribution in [1.82, 2.24) is 15.2 Å². The minimum absolute atomic E-state index is 0.126. The van der Waals surface area contributed by atoms with E-state index in [1.165, 1.54) is 6.07 Å². The van der Waals surface area contributed by atoms with Crippen LogP contribution in [-0.2, 0) is 15.7 Å². The molecule has 1 aromatic heterocycles. The van der Waals surface area contributed by atoms with Crippen LogP contribution in [0.1, 0.15) is 5.56 Å². The Morgan fingerprint density at radius 3 is 2.70 bits per heavy atom. The normalized spacial score (nSPS) is 16.3. The van der Waals surface area contributed by atoms with Crippen molar-refractivity contribution in [3.05, 3.63) is 23.9 Å². The minimum Gasteiger partial charge on any atom is -0.379 e. The number of nitrogens with one attached hydrogen (secondary N) is 1. The van der Waals surface area contributed by atoms with E-state index in [1.807, 2.05) is 0 Å². The number of aromatic nitrogens is 1. The number of ether oxygens (including phenoxy) is 1. The van der Waals surface area contributed by atoms with Crippen molar-refractivity contribution in [2.24, 2.45) is 0 Å². The van der Waals surface area contributed by atoms with Crippen LogP contribution in [0.15, 0.2) is 23.4 Å². The highest BCUT2D eigenvalue weighted by atomic mass is 32.2. The average Bonchev–Trinajstić information content (AvgIpc) is 2.53. The highest BCUT2D eigenvalue weighted by molar-refractivity contribution is 7.99. The van der Waals surface area contributed by atoms with Crippen LogP contribution in [0.4, 0.5) is 13.2 Å². The number of hydrogen-bond donors (Lipinski definition) is 1. The second-order valence-electron chi connectivity index (χ2n) is 4.98. The number of hydrogen-bond acceptors (Lipinski definition) is 5. The topological polar surface area (TPSA) is 54.5 Å². The first-order valence-corrected chi connectivity index (χ1v) is 8.16. The van der Waals surface area contributed by atoms with E-state index < -0.39 is 11.7 Å². The molecule has 23 heavy (non-hydrogen) atoms. The molecule has 2 rings (SSSR count). The molecule has 9 heteroatoms. The molecule has 1 fully saturated rings. The quantitative estimate of drug-likeness (QED) is 0.792. The summed E-state index contributed by atoms with van der Waals surface area (Å²) in [6.07, 6.45) is -3.62. The van der Waals surface area contributed by atoms with Gasteiger partial charge in [-0.25, -0.2) is 4.98 Å². The van der Waals surface area contributed by atoms with Crippen molar-refractivity contribution < 1.29 is 22.7 Å². The van der Waals surface area contributed by atoms with Crippen LogP contribution in [0.5, 0.6) is 0 Å². The van der Waals surface area contributed by atoms with E-state index in [4.69, 9.17) is 4.74 Å². The van der Waals surface area contributed by atoms with Gasteiger partial charge < -0.3 is 10.1 Å². The Kier molecular flexibility index (Phi) is 6.67. The maximum atomic E-state index is 12.4. The van der Waals surface area contributed by atoms with Gasteiger partial charge >= 0.3 is 6.18 Å². The second-order valence-corrected chi connectivity index (χ2v) is 5.97. The monoisotopic (exact) mass is 349 g/mol. The molecule has 0 aliphatic carbocycles. The van der Waals surface area contributed by atoms with E-state index >= 15 is 0 Å². The fraction of sp³-hybridized carbons (Fsp3) is 0.571. The molecule has 1 aliphatic heterocycles. The van der Waals surface area contributed by atoms with E-state index in [0.29, 0.717) is 24.8 Å². The van der Waals surface area contributed by atoms with Crippen LogP contribution >= 0.6 is 11.8 Å². The van der Waals surface area contributed by atoms with E-state index in [1.54, 1.807) is 0 Å². The van der Waals surface area contributed by atoms with E-state index in [-0.39, 0.29) is 11.7 Å². The van der Waals surface area contributed by atoms with E-state index in [9.17, 15) is 18.0 Å². The zero-order valence-electron chi connectivity index (χ0n) is 12.4. The molecule has 128 valence electrons. The van der Waals surface area contributed by atoms with Crippen molar-refractivity contribution in [2.45, 2.75) is 11.2 Å². The lowest BCUT2D eigenvalue weighted by Crippen LogP contribution is -2.41. The van der Waals surface area contributed by atoms with Gasteiger partial charge in [0.1, 0.15) is 0 Å². The smallest absolute Gasteiger partial charge is 0.379 e. The first-order valence-electron chi connectivity index (χ1n) is 7.18. The number of morpholine rings is 1. The molecular formula is C14H18F3N3O2S. The maximum Gasteiger partial charge on any atom is 0.417 e. The Morgan fingerprint density at radius 2 is 2.09 bits per heavy atom. The van der Waals surface area contributed by atoms with E-state index in [0.717, 1.165) is 43.7 Å². The molecule has 0 bridgehead atoms. The summed E-state index contributed by atoms with van der Waals surface area (Å²) in [6.45, 7) is 4.45. The third kappa shape index (κ3) is 6.36. The Labute approximate surface area is 136 Å². The average molecular weight is 349 g/mol. The molecule has 5 nitrogen and oxygen atoms in total. The van der Waals surface area contributed by atoms with Crippen LogP contribution in [0, 0.1) is 0 Å². The first kappa shape index (κ1) is 18.0. The van der Waals surface area contributed by atoms with Crippen LogP contribution in [-0.4, -0.2) is 60.9 Å². The van der Waals surface area contributed by atoms with Gasteiger partial charge in [-0.1, -0.05) is 11.8 Å². The van der Waals surface area contributed by atoms with Gasteiger partial charge in [-0.2, -0.15) is 13.2 Å². The lowest BCUT2D eigenvalue weighted by Gasteiger charge is -2.26. The summed E-state index contributed by atoms with van der Waals surface area (Å²) in [5, 5.41) is 3.18. The number of pyridine rings is 1. The molecule has 2 heterocycles. The highest BCUT2D eigenvalue weighted by Crippen LogP contribution is 2.29. The summed E-state index contributed by atoms with van der Waals surface area (Å²) < 4.78 is 42.4. The highest BCUT2D eigenvalue weighted by Gasteiger charge is 2.30. The Bertz CT molecular complexity index is 505. The van der Waals surface area contributed by atoms with Gasteiger partial charge in [-0.15, -0.1) is 0 Å². The molecule has 0 atom stereocenters. The van der Waals surface area contributed by atoms with Gasteiger partial charge in [0, 0.05) is 32.4 Å². The molecular weight excluding hydrogens is 331 g/mol. The maximum absolute atomic E-state index is 12.4. The fourth-order valence-electron chi connectivity index (χ4n) is 2.00. The minimum atomic E-state index is -4.40. The van der Waals surface area contributed by atoms with Crippen molar-refractivity contribution in [3.63, 3.8) is 0 Å². The fourth-order valence-corrected chi connectivity index (χ4v) is 2.67. The standard InChI is InChI=1S/C14H18F3N3O2S/c15-14(16,17)11-1-2-13(19-9-11)23-10-12(21)18-3-4-20-5-7-22-8-6-20/h1-2,9H,3-8,10H2,(H,18,21). The number of nitrogens with zero attached hydrogens (tertiary/aromatic N) is 2. The molecule has 1 aromatic rings. The lowest BCUT2D eigenvalue weighted by molar-refractivity contribution is -0.137. The lowest BCUT2D eigenvalue weighted by atomic mass is 10.3. The zero-order valence-corrected chi connectivity index (χ0v) is 13.3. The summed E-state index contributed by atoms with van der Waals surface area (Å²) in [4.78, 5) is 17.6. The number of alkyl halides is 3. The molecule has 0 aromatic carbocycles. The van der Waals surface area contributed by atoms with Crippen molar-refractivity contribution in [2.75, 3.05) is 45.1 Å². The van der Waals surface area contributed by atoms with Crippen LogP contribution in [0.2, 0.25) is 0 Å². The van der Waals surface area contributed by atoms with Crippen LogP contribution in [0.3, 0.4) is 0 Å². The predicted octanol–water partition coefficient (Wildman–Crippen LogP) is 1.64. The van der Waals surface area contributed by atoms with E-state index in [2.05, 4.69) is 15.2 Å². The van der Waals surface area contributed by atoms with Crippen molar-refractivity contribution in [1.29, 1.82) is 0 Å². The largest absolute Gasteiger partial charge is 0.417 e. The number of carbonyl (C=O) groups excluding carboxylic acids is 1. The number of thioether (sulfide) groups is 1. The molecule has 0 spiro atoms. The predicted molar refractivity (Wildman–Crippen MR) is 80.2 cm³/mol. The molecule has 1 amide bonds. The van der Waals surface area contributed by atoms with Gasteiger partial charge in [0.15, 0.2) is 0 Å². The first-order chi connectivity index (χ1) is 10.9. The van der Waals surface area contributed by atoms with Crippen LogP contribution in [0.25, 0.3) is 0 Å². The number of rotatable bonds is 6. The molecule has 1 aliphatic rings. The van der Waals surface area contributed by atoms with Crippen molar-refractivity contribution in [3.8, 4) is 0 Å². The molecule has 1 N–H and O–H groups in total. The van der Waals surface area contributed by atoms with Gasteiger partial charge in [0.25, 0.3) is 0 Å². The summed E-state index contributed by atoms with van der Waals surface area (Å²) in [7, 11) is 0. The third-order valence-electron chi connectivity index (χ3n) is 3.27. The summed E-state index contributed by atoms with van der Waals surface area (Å²) in [6, 6.07) is 2.24. The number of amides is 1. The molecule has 0 radical (unpaired) electrons. The zero-order chi connectivity index (χ0) is 16.7. The SMILES string of the molecule is O=C(CSc1ccc(C(F)(F)F)cn1)NCCN1CCOCC1. The van der Waals surface area contributed by atoms with Gasteiger partial charge in [-0.3, -0.25) is 9.69 Å². The Hall–Kier alpha value is -1.32. The van der Waals surface area contributed by atoms with Crippen LogP contribution < -0.4 is 5.32 Å². The number of halogens is 3. The van der Waals surface area contributed by atoms with Crippen molar-refractivity contribution >= 4 is 17.7 Å². The Balaban J connectivity index is 1.65. The van der Waals surface area contributed by atoms with Gasteiger partial charge in [-0.05, 0) is 12.1 Å². The molecule has 1 saturated heterocycles. The summed E-state index contributed by atoms with van der Waals surface area (Å²) in [5.41, 5.74) is -0.795. The van der Waals surface area contributed by atoms with Gasteiger partial charge in [0.05, 0.1) is 29.6 Å². The summed E-state index contributed by atoms with van der Waals surface area (Å²) in [5.74, 6) is -0.0356. The summed E-state index contributed by atoms with van der Waals surface area (Å²) >= 11 is 1.11. The third-order valence-corrected chi connectivity index (χ3v) is 4.21. The Morgan fingerprint density at radius 1 is 1.35 bits per heavy atom. The number of carbonyl (C=O) groups is 1. The molecule has 0 saturated carbocycles. The van der Waals surface area contributed by atoms with Gasteiger partial charge in [0.2, 0.25) is 5.91 Å². The second kappa shape index (κ2) is 8.51. The molecule has 0 unspecified atom stereocenters.